The Balaban J connectivity index is 1.81. The molecule has 9 heteroatoms. The summed E-state index contributed by atoms with van der Waals surface area (Å²) >= 11 is 0. The van der Waals surface area contributed by atoms with Crippen molar-refractivity contribution in [2.75, 3.05) is 5.32 Å². The van der Waals surface area contributed by atoms with Crippen molar-refractivity contribution < 1.29 is 18.0 Å². The Morgan fingerprint density at radius 2 is 2.09 bits per heavy atom. The molecule has 0 aliphatic carbocycles. The van der Waals surface area contributed by atoms with Gasteiger partial charge >= 0.3 is 0 Å². The molecule has 118 valence electrons. The van der Waals surface area contributed by atoms with Crippen LogP contribution in [0.5, 0.6) is 0 Å². The number of aromatic nitrogens is 4. The van der Waals surface area contributed by atoms with Crippen LogP contribution in [0.25, 0.3) is 11.5 Å². The number of carbonyl (C=O) groups excluding carboxylic acids is 1. The fraction of sp³-hybridized carbons (Fsp3) is 0.143. The lowest BCUT2D eigenvalue weighted by Gasteiger charge is -2.01. The molecule has 3 aromatic heterocycles. The zero-order valence-corrected chi connectivity index (χ0v) is 11.9. The maximum atomic E-state index is 12.9. The maximum absolute atomic E-state index is 12.9. The molecule has 0 atom stereocenters. The summed E-state index contributed by atoms with van der Waals surface area (Å²) in [7, 11) is 1.49. The van der Waals surface area contributed by atoms with E-state index in [1.54, 1.807) is 24.5 Å². The fourth-order valence-electron chi connectivity index (χ4n) is 1.95. The number of anilines is 1. The van der Waals surface area contributed by atoms with Gasteiger partial charge in [0.05, 0.1) is 5.69 Å². The highest BCUT2D eigenvalue weighted by Crippen LogP contribution is 2.25. The van der Waals surface area contributed by atoms with E-state index in [0.29, 0.717) is 5.56 Å². The van der Waals surface area contributed by atoms with Crippen molar-refractivity contribution in [1.82, 2.24) is 19.7 Å². The lowest BCUT2D eigenvalue weighted by Crippen LogP contribution is -2.13. The number of carbonyl (C=O) groups is 1. The molecule has 1 amide bonds. The van der Waals surface area contributed by atoms with Crippen molar-refractivity contribution in [3.05, 3.63) is 48.4 Å². The summed E-state index contributed by atoms with van der Waals surface area (Å²) in [5, 5.41) is 5.97. The number of alkyl halides is 2. The molecule has 0 fully saturated rings. The quantitative estimate of drug-likeness (QED) is 0.799. The van der Waals surface area contributed by atoms with Gasteiger partial charge in [-0.15, -0.1) is 0 Å². The van der Waals surface area contributed by atoms with Crippen LogP contribution in [0.1, 0.15) is 22.6 Å². The van der Waals surface area contributed by atoms with Crippen molar-refractivity contribution in [1.29, 1.82) is 0 Å². The molecule has 0 saturated heterocycles. The lowest BCUT2D eigenvalue weighted by atomic mass is 10.3. The highest BCUT2D eigenvalue weighted by atomic mass is 19.3. The van der Waals surface area contributed by atoms with Gasteiger partial charge in [0, 0.05) is 31.2 Å². The number of amides is 1. The highest BCUT2D eigenvalue weighted by Gasteiger charge is 2.21. The molecule has 0 radical (unpaired) electrons. The first-order valence-electron chi connectivity index (χ1n) is 6.53. The summed E-state index contributed by atoms with van der Waals surface area (Å²) in [6, 6.07) is 3.34. The molecule has 0 spiro atoms. The Kier molecular flexibility index (Phi) is 3.83. The van der Waals surface area contributed by atoms with Gasteiger partial charge in [-0.3, -0.25) is 14.5 Å². The summed E-state index contributed by atoms with van der Waals surface area (Å²) in [6.07, 6.45) is 2.77. The van der Waals surface area contributed by atoms with Gasteiger partial charge in [0.2, 0.25) is 5.89 Å². The van der Waals surface area contributed by atoms with Crippen molar-refractivity contribution in [3.8, 4) is 11.5 Å². The van der Waals surface area contributed by atoms with E-state index in [0.717, 1.165) is 6.26 Å². The molecule has 0 aliphatic rings. The maximum Gasteiger partial charge on any atom is 0.284 e. The first kappa shape index (κ1) is 14.8. The monoisotopic (exact) mass is 319 g/mol. The van der Waals surface area contributed by atoms with Crippen LogP contribution in [0, 0.1) is 0 Å². The van der Waals surface area contributed by atoms with E-state index in [4.69, 9.17) is 4.42 Å². The molecule has 3 heterocycles. The number of oxazole rings is 1. The van der Waals surface area contributed by atoms with Crippen LogP contribution >= 0.6 is 0 Å². The lowest BCUT2D eigenvalue weighted by molar-refractivity contribution is 0.102. The van der Waals surface area contributed by atoms with E-state index in [9.17, 15) is 13.6 Å². The SMILES string of the molecule is Cn1cc(NC(=O)c2coc(-c3ccncc3)n2)c(C(F)F)n1. The zero-order valence-electron chi connectivity index (χ0n) is 11.9. The van der Waals surface area contributed by atoms with E-state index < -0.39 is 18.0 Å². The van der Waals surface area contributed by atoms with E-state index in [-0.39, 0.29) is 17.3 Å². The van der Waals surface area contributed by atoms with Crippen molar-refractivity contribution >= 4 is 11.6 Å². The number of aryl methyl sites for hydroxylation is 1. The number of nitrogens with one attached hydrogen (secondary N) is 1. The minimum Gasteiger partial charge on any atom is -0.444 e. The van der Waals surface area contributed by atoms with Gasteiger partial charge in [-0.05, 0) is 12.1 Å². The Hall–Kier alpha value is -3.10. The Labute approximate surface area is 129 Å². The van der Waals surface area contributed by atoms with Crippen LogP contribution in [-0.4, -0.2) is 25.7 Å². The summed E-state index contributed by atoms with van der Waals surface area (Å²) in [4.78, 5) is 20.0. The van der Waals surface area contributed by atoms with Gasteiger partial charge in [0.25, 0.3) is 12.3 Å². The Bertz CT molecular complexity index is 829. The predicted octanol–water partition coefficient (Wildman–Crippen LogP) is 2.66. The van der Waals surface area contributed by atoms with Gasteiger partial charge in [-0.2, -0.15) is 5.10 Å². The second-order valence-corrected chi connectivity index (χ2v) is 4.63. The van der Waals surface area contributed by atoms with Crippen LogP contribution in [0.4, 0.5) is 14.5 Å². The second-order valence-electron chi connectivity index (χ2n) is 4.63. The molecular weight excluding hydrogens is 308 g/mol. The summed E-state index contributed by atoms with van der Waals surface area (Å²) in [6.45, 7) is 0. The third kappa shape index (κ3) is 3.07. The zero-order chi connectivity index (χ0) is 16.4. The smallest absolute Gasteiger partial charge is 0.284 e. The standard InChI is InChI=1S/C14H11F2N5O2/c1-21-6-9(11(20-21)12(15)16)18-13(22)10-7-23-14(19-10)8-2-4-17-5-3-8/h2-7,12H,1H3,(H,18,22). The van der Waals surface area contributed by atoms with Gasteiger partial charge in [-0.1, -0.05) is 0 Å². The number of rotatable bonds is 4. The highest BCUT2D eigenvalue weighted by molar-refractivity contribution is 6.03. The van der Waals surface area contributed by atoms with Crippen molar-refractivity contribution in [2.24, 2.45) is 7.05 Å². The first-order chi connectivity index (χ1) is 11.0. The van der Waals surface area contributed by atoms with Gasteiger partial charge in [0.15, 0.2) is 11.4 Å². The number of nitrogens with zero attached hydrogens (tertiary/aromatic N) is 4. The summed E-state index contributed by atoms with van der Waals surface area (Å²) in [5.74, 6) is -0.429. The van der Waals surface area contributed by atoms with Crippen LogP contribution in [0.15, 0.2) is 41.4 Å². The molecule has 23 heavy (non-hydrogen) atoms. The number of hydrogen-bond acceptors (Lipinski definition) is 5. The molecule has 1 N–H and O–H groups in total. The predicted molar refractivity (Wildman–Crippen MR) is 75.9 cm³/mol. The molecule has 0 aliphatic heterocycles. The van der Waals surface area contributed by atoms with Crippen molar-refractivity contribution in [2.45, 2.75) is 6.43 Å². The normalized spacial score (nSPS) is 11.0. The van der Waals surface area contributed by atoms with Crippen LogP contribution < -0.4 is 5.32 Å². The number of pyridine rings is 1. The van der Waals surface area contributed by atoms with Crippen LogP contribution in [0.2, 0.25) is 0 Å². The average Bonchev–Trinajstić information content (AvgIpc) is 3.15. The minimum absolute atomic E-state index is 0.0270. The van der Waals surface area contributed by atoms with Crippen LogP contribution in [0.3, 0.4) is 0 Å². The van der Waals surface area contributed by atoms with Gasteiger partial charge < -0.3 is 9.73 Å². The topological polar surface area (TPSA) is 85.8 Å². The van der Waals surface area contributed by atoms with E-state index >= 15 is 0 Å². The molecule has 0 unspecified atom stereocenters. The second kappa shape index (κ2) is 5.95. The van der Waals surface area contributed by atoms with Gasteiger partial charge in [-0.25, -0.2) is 13.8 Å². The van der Waals surface area contributed by atoms with E-state index in [2.05, 4.69) is 20.4 Å². The molecule has 3 rings (SSSR count). The molecule has 3 aromatic rings. The molecule has 7 nitrogen and oxygen atoms in total. The van der Waals surface area contributed by atoms with E-state index in [1.807, 2.05) is 0 Å². The number of hydrogen-bond donors (Lipinski definition) is 1. The molecular formula is C14H11F2N5O2. The minimum atomic E-state index is -2.80. The third-order valence-corrected chi connectivity index (χ3v) is 2.98. The number of halogens is 2. The van der Waals surface area contributed by atoms with Crippen LogP contribution in [-0.2, 0) is 7.05 Å². The Morgan fingerprint density at radius 1 is 1.35 bits per heavy atom. The summed E-state index contributed by atoms with van der Waals surface area (Å²) < 4.78 is 32.1. The van der Waals surface area contributed by atoms with Crippen molar-refractivity contribution in [3.63, 3.8) is 0 Å². The fourth-order valence-corrected chi connectivity index (χ4v) is 1.95. The summed E-state index contributed by atoms with van der Waals surface area (Å²) in [5.41, 5.74) is 0.0502. The average molecular weight is 319 g/mol. The molecule has 0 saturated carbocycles. The first-order valence-corrected chi connectivity index (χ1v) is 6.53. The Morgan fingerprint density at radius 3 is 2.78 bits per heavy atom. The van der Waals surface area contributed by atoms with E-state index in [1.165, 1.54) is 17.9 Å². The van der Waals surface area contributed by atoms with Gasteiger partial charge in [0.1, 0.15) is 6.26 Å². The molecule has 0 bridgehead atoms. The largest absolute Gasteiger partial charge is 0.444 e. The third-order valence-electron chi connectivity index (χ3n) is 2.98. The molecule has 0 aromatic carbocycles.